The molecule has 5 heteroatoms. The minimum absolute atomic E-state index is 0.0404. The number of piperidine rings is 1. The average molecular weight is 308 g/mol. The van der Waals surface area contributed by atoms with Crippen molar-refractivity contribution in [2.45, 2.75) is 32.3 Å². The van der Waals surface area contributed by atoms with E-state index >= 15 is 0 Å². The van der Waals surface area contributed by atoms with Gasteiger partial charge in [-0.3, -0.25) is 4.79 Å². The summed E-state index contributed by atoms with van der Waals surface area (Å²) in [6.45, 7) is 4.17. The van der Waals surface area contributed by atoms with E-state index in [4.69, 9.17) is 0 Å². The fraction of sp³-hybridized carbons (Fsp3) is 0.588. The second-order valence-electron chi connectivity index (χ2n) is 6.11. The molecule has 1 aromatic carbocycles. The van der Waals surface area contributed by atoms with Gasteiger partial charge in [-0.25, -0.2) is 4.39 Å². The van der Waals surface area contributed by atoms with Gasteiger partial charge in [0.15, 0.2) is 0 Å². The van der Waals surface area contributed by atoms with Crippen LogP contribution in [0.3, 0.4) is 0 Å². The second kappa shape index (κ2) is 8.25. The zero-order valence-corrected chi connectivity index (χ0v) is 13.0. The van der Waals surface area contributed by atoms with E-state index in [1.54, 1.807) is 12.1 Å². The van der Waals surface area contributed by atoms with Crippen LogP contribution < -0.4 is 10.6 Å². The Morgan fingerprint density at radius 2 is 2.09 bits per heavy atom. The molecule has 2 rings (SSSR count). The molecular weight excluding hydrogens is 283 g/mol. The molecule has 1 aliphatic rings. The van der Waals surface area contributed by atoms with Crippen molar-refractivity contribution in [3.05, 3.63) is 35.6 Å². The molecule has 1 saturated heterocycles. The summed E-state index contributed by atoms with van der Waals surface area (Å²) in [5, 5.41) is 16.0. The molecule has 0 saturated carbocycles. The van der Waals surface area contributed by atoms with Crippen molar-refractivity contribution in [2.75, 3.05) is 19.6 Å². The van der Waals surface area contributed by atoms with Gasteiger partial charge in [0.2, 0.25) is 5.91 Å². The molecule has 3 N–H and O–H groups in total. The van der Waals surface area contributed by atoms with E-state index in [-0.39, 0.29) is 18.0 Å². The summed E-state index contributed by atoms with van der Waals surface area (Å²) in [5.74, 6) is 0.366. The van der Waals surface area contributed by atoms with Crippen molar-refractivity contribution in [3.63, 3.8) is 0 Å². The first-order valence-electron chi connectivity index (χ1n) is 7.98. The summed E-state index contributed by atoms with van der Waals surface area (Å²) in [6.07, 6.45) is 1.65. The lowest BCUT2D eigenvalue weighted by atomic mass is 9.84. The molecule has 1 aromatic rings. The number of hydrogen-bond acceptors (Lipinski definition) is 3. The van der Waals surface area contributed by atoms with Crippen molar-refractivity contribution in [1.82, 2.24) is 10.6 Å². The Balaban J connectivity index is 1.76. The third-order valence-electron chi connectivity index (χ3n) is 4.45. The molecule has 0 bridgehead atoms. The Kier molecular flexibility index (Phi) is 6.34. The Morgan fingerprint density at radius 1 is 1.41 bits per heavy atom. The number of carbonyl (C=O) groups is 1. The van der Waals surface area contributed by atoms with Crippen molar-refractivity contribution in [1.29, 1.82) is 0 Å². The van der Waals surface area contributed by atoms with E-state index in [0.717, 1.165) is 25.9 Å². The van der Waals surface area contributed by atoms with Crippen LogP contribution in [0.5, 0.6) is 0 Å². The molecule has 0 aromatic heterocycles. The molecular formula is C17H25FN2O2. The minimum atomic E-state index is -1.01. The minimum Gasteiger partial charge on any atom is -0.386 e. The van der Waals surface area contributed by atoms with Gasteiger partial charge in [-0.2, -0.15) is 0 Å². The van der Waals surface area contributed by atoms with Crippen molar-refractivity contribution in [3.8, 4) is 0 Å². The largest absolute Gasteiger partial charge is 0.386 e. The highest BCUT2D eigenvalue weighted by molar-refractivity contribution is 5.76. The number of amides is 1. The maximum Gasteiger partial charge on any atom is 0.220 e. The standard InChI is InChI=1S/C17H25FN2O2/c1-12(13-6-8-19-9-7-13)10-17(22)20-11-16(21)14-4-2-3-5-15(14)18/h2-5,12-13,16,19,21H,6-11H2,1H3,(H,20,22). The van der Waals surface area contributed by atoms with E-state index in [9.17, 15) is 14.3 Å². The van der Waals surface area contributed by atoms with Crippen molar-refractivity contribution >= 4 is 5.91 Å². The fourth-order valence-electron chi connectivity index (χ4n) is 3.01. The molecule has 122 valence electrons. The van der Waals surface area contributed by atoms with Crippen LogP contribution in [0.25, 0.3) is 0 Å². The van der Waals surface area contributed by atoms with Crippen LogP contribution in [0.4, 0.5) is 4.39 Å². The first kappa shape index (κ1) is 16.9. The lowest BCUT2D eigenvalue weighted by Crippen LogP contribution is -2.34. The molecule has 1 amide bonds. The van der Waals surface area contributed by atoms with Gasteiger partial charge in [-0.05, 0) is 43.8 Å². The van der Waals surface area contributed by atoms with Crippen LogP contribution in [0.2, 0.25) is 0 Å². The lowest BCUT2D eigenvalue weighted by molar-refractivity contribution is -0.122. The van der Waals surface area contributed by atoms with E-state index < -0.39 is 11.9 Å². The van der Waals surface area contributed by atoms with Gasteiger partial charge in [-0.15, -0.1) is 0 Å². The SMILES string of the molecule is CC(CC(=O)NCC(O)c1ccccc1F)C1CCNCC1. The maximum absolute atomic E-state index is 13.5. The predicted molar refractivity (Wildman–Crippen MR) is 83.7 cm³/mol. The smallest absolute Gasteiger partial charge is 0.220 e. The quantitative estimate of drug-likeness (QED) is 0.753. The zero-order valence-electron chi connectivity index (χ0n) is 13.0. The summed E-state index contributed by atoms with van der Waals surface area (Å²) in [7, 11) is 0. The molecule has 0 aliphatic carbocycles. The van der Waals surface area contributed by atoms with Crippen molar-refractivity contribution in [2.24, 2.45) is 11.8 Å². The van der Waals surface area contributed by atoms with Crippen LogP contribution in [-0.2, 0) is 4.79 Å². The first-order chi connectivity index (χ1) is 10.6. The Hall–Kier alpha value is -1.46. The van der Waals surface area contributed by atoms with Gasteiger partial charge >= 0.3 is 0 Å². The van der Waals surface area contributed by atoms with Crippen LogP contribution in [-0.4, -0.2) is 30.6 Å². The molecule has 1 heterocycles. The van der Waals surface area contributed by atoms with E-state index in [1.807, 2.05) is 0 Å². The number of carbonyl (C=O) groups excluding carboxylic acids is 1. The first-order valence-corrected chi connectivity index (χ1v) is 7.98. The van der Waals surface area contributed by atoms with Crippen LogP contribution in [0.15, 0.2) is 24.3 Å². The number of aliphatic hydroxyl groups excluding tert-OH is 1. The monoisotopic (exact) mass is 308 g/mol. The Labute approximate surface area is 131 Å². The van der Waals surface area contributed by atoms with Crippen LogP contribution in [0.1, 0.15) is 37.9 Å². The summed E-state index contributed by atoms with van der Waals surface area (Å²) >= 11 is 0. The summed E-state index contributed by atoms with van der Waals surface area (Å²) in [6, 6.07) is 6.08. The summed E-state index contributed by atoms with van der Waals surface area (Å²) in [4.78, 5) is 12.0. The molecule has 1 fully saturated rings. The number of halogens is 1. The van der Waals surface area contributed by atoms with Gasteiger partial charge < -0.3 is 15.7 Å². The number of hydrogen-bond donors (Lipinski definition) is 3. The summed E-state index contributed by atoms with van der Waals surface area (Å²) < 4.78 is 13.5. The van der Waals surface area contributed by atoms with Crippen molar-refractivity contribution < 1.29 is 14.3 Å². The Bertz CT molecular complexity index is 489. The molecule has 0 spiro atoms. The van der Waals surface area contributed by atoms with Crippen LogP contribution >= 0.6 is 0 Å². The summed E-state index contributed by atoms with van der Waals surface area (Å²) in [5.41, 5.74) is 0.217. The zero-order chi connectivity index (χ0) is 15.9. The molecule has 4 nitrogen and oxygen atoms in total. The number of rotatable bonds is 6. The third-order valence-corrected chi connectivity index (χ3v) is 4.45. The highest BCUT2D eigenvalue weighted by Gasteiger charge is 2.22. The lowest BCUT2D eigenvalue weighted by Gasteiger charge is -2.28. The Morgan fingerprint density at radius 3 is 2.77 bits per heavy atom. The van der Waals surface area contributed by atoms with Gasteiger partial charge in [0.25, 0.3) is 0 Å². The number of aliphatic hydroxyl groups is 1. The molecule has 22 heavy (non-hydrogen) atoms. The normalized spacial score (nSPS) is 18.7. The van der Waals surface area contributed by atoms with E-state index in [0.29, 0.717) is 18.3 Å². The van der Waals surface area contributed by atoms with E-state index in [1.165, 1.54) is 12.1 Å². The molecule has 2 atom stereocenters. The number of nitrogens with one attached hydrogen (secondary N) is 2. The van der Waals surface area contributed by atoms with Gasteiger partial charge in [0.05, 0.1) is 6.10 Å². The second-order valence-corrected chi connectivity index (χ2v) is 6.11. The van der Waals surface area contributed by atoms with E-state index in [2.05, 4.69) is 17.6 Å². The number of benzene rings is 1. The maximum atomic E-state index is 13.5. The predicted octanol–water partition coefficient (Wildman–Crippen LogP) is 2.00. The molecule has 2 unspecified atom stereocenters. The fourth-order valence-corrected chi connectivity index (χ4v) is 3.01. The molecule has 1 aliphatic heterocycles. The molecule has 0 radical (unpaired) electrons. The average Bonchev–Trinajstić information content (AvgIpc) is 2.54. The van der Waals surface area contributed by atoms with Gasteiger partial charge in [-0.1, -0.05) is 25.1 Å². The van der Waals surface area contributed by atoms with Crippen LogP contribution in [0, 0.1) is 17.7 Å². The third kappa shape index (κ3) is 4.78. The van der Waals surface area contributed by atoms with Gasteiger partial charge in [0.1, 0.15) is 5.82 Å². The highest BCUT2D eigenvalue weighted by atomic mass is 19.1. The topological polar surface area (TPSA) is 61.4 Å². The van der Waals surface area contributed by atoms with Gasteiger partial charge in [0, 0.05) is 18.5 Å². The highest BCUT2D eigenvalue weighted by Crippen LogP contribution is 2.24.